The molecule has 1 saturated carbocycles. The predicted octanol–water partition coefficient (Wildman–Crippen LogP) is 3.01. The summed E-state index contributed by atoms with van der Waals surface area (Å²) in [6, 6.07) is 5.45. The molecule has 1 fully saturated rings. The van der Waals surface area contributed by atoms with Crippen molar-refractivity contribution in [1.29, 1.82) is 0 Å². The molecule has 0 unspecified atom stereocenters. The number of aliphatic hydroxyl groups excluding tert-OH is 1. The lowest BCUT2D eigenvalue weighted by molar-refractivity contribution is 0.176. The van der Waals surface area contributed by atoms with Crippen LogP contribution in [0.3, 0.4) is 0 Å². The molecule has 82 valence electrons. The first-order valence-electron chi connectivity index (χ1n) is 5.32. The van der Waals surface area contributed by atoms with E-state index in [0.717, 1.165) is 12.2 Å². The van der Waals surface area contributed by atoms with Crippen LogP contribution in [0.2, 0.25) is 5.02 Å². The fourth-order valence-corrected chi connectivity index (χ4v) is 1.95. The van der Waals surface area contributed by atoms with E-state index in [1.165, 1.54) is 19.3 Å². The maximum Gasteiger partial charge on any atom is 0.143 e. The number of hydrogen-bond donors (Lipinski definition) is 1. The predicted molar refractivity (Wildman–Crippen MR) is 60.2 cm³/mol. The molecule has 0 radical (unpaired) electrons. The molecule has 0 aromatic heterocycles. The van der Waals surface area contributed by atoms with Crippen molar-refractivity contribution >= 4 is 11.6 Å². The summed E-state index contributed by atoms with van der Waals surface area (Å²) in [5.41, 5.74) is 0.766. The van der Waals surface area contributed by atoms with Crippen LogP contribution in [0.15, 0.2) is 18.2 Å². The fraction of sp³-hybridized carbons (Fsp3) is 0.500. The van der Waals surface area contributed by atoms with Crippen LogP contribution in [-0.4, -0.2) is 11.7 Å². The Labute approximate surface area is 94.8 Å². The van der Waals surface area contributed by atoms with E-state index in [0.29, 0.717) is 16.7 Å². The summed E-state index contributed by atoms with van der Waals surface area (Å²) in [7, 11) is 0. The third-order valence-electron chi connectivity index (χ3n) is 2.91. The summed E-state index contributed by atoms with van der Waals surface area (Å²) >= 11 is 6.02. The summed E-state index contributed by atoms with van der Waals surface area (Å²) in [6.45, 7) is 0.692. The zero-order chi connectivity index (χ0) is 10.7. The summed E-state index contributed by atoms with van der Waals surface area (Å²) in [6.07, 6.45) is 3.81. The molecule has 1 aromatic carbocycles. The van der Waals surface area contributed by atoms with Gasteiger partial charge in [0.2, 0.25) is 0 Å². The van der Waals surface area contributed by atoms with Gasteiger partial charge < -0.3 is 9.84 Å². The van der Waals surface area contributed by atoms with Gasteiger partial charge in [0.05, 0.1) is 18.2 Å². The van der Waals surface area contributed by atoms with Crippen LogP contribution in [0.5, 0.6) is 5.75 Å². The average Bonchev–Trinajstić information content (AvgIpc) is 2.17. The van der Waals surface area contributed by atoms with Gasteiger partial charge in [-0.1, -0.05) is 30.2 Å². The lowest BCUT2D eigenvalue weighted by atomic mass is 9.86. The molecule has 0 bridgehead atoms. The minimum atomic E-state index is -0.0272. The molecule has 1 N–H and O–H groups in total. The lowest BCUT2D eigenvalue weighted by Gasteiger charge is -2.25. The molecule has 1 aliphatic rings. The zero-order valence-corrected chi connectivity index (χ0v) is 9.33. The van der Waals surface area contributed by atoms with E-state index >= 15 is 0 Å². The topological polar surface area (TPSA) is 29.5 Å². The van der Waals surface area contributed by atoms with Crippen LogP contribution >= 0.6 is 11.6 Å². The number of para-hydroxylation sites is 1. The molecule has 1 aromatic rings. The van der Waals surface area contributed by atoms with Gasteiger partial charge in [-0.3, -0.25) is 0 Å². The summed E-state index contributed by atoms with van der Waals surface area (Å²) < 4.78 is 5.67. The second-order valence-electron chi connectivity index (χ2n) is 3.99. The Morgan fingerprint density at radius 3 is 2.80 bits per heavy atom. The minimum Gasteiger partial charge on any atom is -0.491 e. The number of rotatable bonds is 4. The normalized spacial score (nSPS) is 16.1. The Morgan fingerprint density at radius 2 is 2.20 bits per heavy atom. The molecule has 2 nitrogen and oxygen atoms in total. The quantitative estimate of drug-likeness (QED) is 0.855. The molecule has 0 heterocycles. The molecule has 0 atom stereocenters. The number of aliphatic hydroxyl groups is 1. The van der Waals surface area contributed by atoms with Gasteiger partial charge in [-0.05, 0) is 24.8 Å². The SMILES string of the molecule is OCc1cccc(Cl)c1OCC1CCC1. The summed E-state index contributed by atoms with van der Waals surface area (Å²) in [5.74, 6) is 1.32. The Balaban J connectivity index is 2.04. The van der Waals surface area contributed by atoms with E-state index in [4.69, 9.17) is 21.4 Å². The highest BCUT2D eigenvalue weighted by molar-refractivity contribution is 6.32. The van der Waals surface area contributed by atoms with Crippen LogP contribution in [0, 0.1) is 5.92 Å². The monoisotopic (exact) mass is 226 g/mol. The Morgan fingerprint density at radius 1 is 1.40 bits per heavy atom. The van der Waals surface area contributed by atoms with Gasteiger partial charge in [-0.15, -0.1) is 0 Å². The van der Waals surface area contributed by atoms with Crippen LogP contribution < -0.4 is 4.74 Å². The molecule has 0 aliphatic heterocycles. The number of ether oxygens (including phenoxy) is 1. The van der Waals surface area contributed by atoms with E-state index < -0.39 is 0 Å². The minimum absolute atomic E-state index is 0.0272. The van der Waals surface area contributed by atoms with E-state index in [9.17, 15) is 0 Å². The molecule has 0 spiro atoms. The van der Waals surface area contributed by atoms with E-state index in [2.05, 4.69) is 0 Å². The average molecular weight is 227 g/mol. The Hall–Kier alpha value is -0.730. The maximum absolute atomic E-state index is 9.14. The Kier molecular flexibility index (Phi) is 3.49. The van der Waals surface area contributed by atoms with Crippen molar-refractivity contribution in [3.05, 3.63) is 28.8 Å². The van der Waals surface area contributed by atoms with Gasteiger partial charge >= 0.3 is 0 Å². The van der Waals surface area contributed by atoms with Crippen molar-refractivity contribution in [1.82, 2.24) is 0 Å². The molecule has 2 rings (SSSR count). The van der Waals surface area contributed by atoms with Crippen molar-refractivity contribution in [3.8, 4) is 5.75 Å². The maximum atomic E-state index is 9.14. The molecule has 15 heavy (non-hydrogen) atoms. The standard InChI is InChI=1S/C12H15ClO2/c13-11-6-2-5-10(7-14)12(11)15-8-9-3-1-4-9/h2,5-6,9,14H,1,3-4,7-8H2. The smallest absolute Gasteiger partial charge is 0.143 e. The third-order valence-corrected chi connectivity index (χ3v) is 3.20. The number of benzene rings is 1. The van der Waals surface area contributed by atoms with Gasteiger partial charge in [0.25, 0.3) is 0 Å². The highest BCUT2D eigenvalue weighted by Gasteiger charge is 2.19. The lowest BCUT2D eigenvalue weighted by Crippen LogP contribution is -2.19. The van der Waals surface area contributed by atoms with E-state index in [1.807, 2.05) is 12.1 Å². The highest BCUT2D eigenvalue weighted by Crippen LogP contribution is 2.32. The number of halogens is 1. The van der Waals surface area contributed by atoms with Crippen LogP contribution in [0.1, 0.15) is 24.8 Å². The first-order chi connectivity index (χ1) is 7.31. The van der Waals surface area contributed by atoms with Gasteiger partial charge in [-0.25, -0.2) is 0 Å². The molecule has 1 aliphatic carbocycles. The first-order valence-corrected chi connectivity index (χ1v) is 5.70. The van der Waals surface area contributed by atoms with Crippen molar-refractivity contribution in [3.63, 3.8) is 0 Å². The van der Waals surface area contributed by atoms with Crippen LogP contribution in [-0.2, 0) is 6.61 Å². The van der Waals surface area contributed by atoms with Crippen molar-refractivity contribution in [2.45, 2.75) is 25.9 Å². The van der Waals surface area contributed by atoms with E-state index in [-0.39, 0.29) is 6.61 Å². The van der Waals surface area contributed by atoms with Crippen LogP contribution in [0.25, 0.3) is 0 Å². The second-order valence-corrected chi connectivity index (χ2v) is 4.40. The molecule has 0 amide bonds. The second kappa shape index (κ2) is 4.86. The molecule has 3 heteroatoms. The van der Waals surface area contributed by atoms with Crippen LogP contribution in [0.4, 0.5) is 0 Å². The molecular weight excluding hydrogens is 212 g/mol. The van der Waals surface area contributed by atoms with Crippen molar-refractivity contribution in [2.24, 2.45) is 5.92 Å². The third kappa shape index (κ3) is 2.44. The van der Waals surface area contributed by atoms with Gasteiger partial charge in [0.1, 0.15) is 5.75 Å². The van der Waals surface area contributed by atoms with Crippen molar-refractivity contribution < 1.29 is 9.84 Å². The van der Waals surface area contributed by atoms with Gasteiger partial charge in [0.15, 0.2) is 0 Å². The fourth-order valence-electron chi connectivity index (χ4n) is 1.70. The first kappa shape index (κ1) is 10.8. The number of hydrogen-bond acceptors (Lipinski definition) is 2. The summed E-state index contributed by atoms with van der Waals surface area (Å²) in [5, 5.41) is 9.72. The largest absolute Gasteiger partial charge is 0.491 e. The van der Waals surface area contributed by atoms with Gasteiger partial charge in [0, 0.05) is 5.56 Å². The Bertz CT molecular complexity index is 334. The van der Waals surface area contributed by atoms with Gasteiger partial charge in [-0.2, -0.15) is 0 Å². The van der Waals surface area contributed by atoms with E-state index in [1.54, 1.807) is 6.07 Å². The zero-order valence-electron chi connectivity index (χ0n) is 8.58. The van der Waals surface area contributed by atoms with Crippen molar-refractivity contribution in [2.75, 3.05) is 6.61 Å². The molecule has 0 saturated heterocycles. The molecular formula is C12H15ClO2. The summed E-state index contributed by atoms with van der Waals surface area (Å²) in [4.78, 5) is 0. The highest BCUT2D eigenvalue weighted by atomic mass is 35.5.